The first-order valence-electron chi connectivity index (χ1n) is 8.92. The Bertz CT molecular complexity index is 738. The second-order valence-corrected chi connectivity index (χ2v) is 9.04. The predicted octanol–water partition coefficient (Wildman–Crippen LogP) is 5.12. The van der Waals surface area contributed by atoms with Crippen molar-refractivity contribution in [2.24, 2.45) is 0 Å². The van der Waals surface area contributed by atoms with Crippen molar-refractivity contribution in [2.45, 2.75) is 63.5 Å². The highest BCUT2D eigenvalue weighted by molar-refractivity contribution is 7.12. The highest BCUT2D eigenvalue weighted by Crippen LogP contribution is 2.49. The second-order valence-electron chi connectivity index (χ2n) is 7.99. The van der Waals surface area contributed by atoms with Gasteiger partial charge in [-0.3, -0.25) is 0 Å². The summed E-state index contributed by atoms with van der Waals surface area (Å²) in [5, 5.41) is 0. The van der Waals surface area contributed by atoms with Crippen molar-refractivity contribution < 1.29 is 27.4 Å². The highest BCUT2D eigenvalue weighted by atomic mass is 32.1. The minimum Gasteiger partial charge on any atom is -0.444 e. The van der Waals surface area contributed by atoms with Crippen LogP contribution in [-0.2, 0) is 27.7 Å². The van der Waals surface area contributed by atoms with Crippen LogP contribution >= 0.6 is 11.3 Å². The summed E-state index contributed by atoms with van der Waals surface area (Å²) >= 11 is 0.761. The van der Waals surface area contributed by atoms with Gasteiger partial charge in [0.25, 0.3) is 0 Å². The minimum atomic E-state index is -4.36. The fraction of sp³-hybridized carbons (Fsp3) is 0.632. The predicted molar refractivity (Wildman–Crippen MR) is 96.8 cm³/mol. The average molecular weight is 403 g/mol. The first-order chi connectivity index (χ1) is 12.5. The number of alkyl halides is 3. The van der Waals surface area contributed by atoms with Crippen molar-refractivity contribution in [3.05, 3.63) is 34.0 Å². The number of hydrogen-bond donors (Lipinski definition) is 0. The van der Waals surface area contributed by atoms with Crippen LogP contribution in [0.3, 0.4) is 0 Å². The van der Waals surface area contributed by atoms with Crippen molar-refractivity contribution in [3.63, 3.8) is 0 Å². The maximum absolute atomic E-state index is 13.2. The van der Waals surface area contributed by atoms with Gasteiger partial charge < -0.3 is 14.4 Å². The van der Waals surface area contributed by atoms with Crippen molar-refractivity contribution in [1.82, 2.24) is 4.90 Å². The molecule has 4 nitrogen and oxygen atoms in total. The SMILES string of the molecule is C=C[C@H]1CC2(CCN1C(=O)OC(C)(C)C)OCCc1cc(C(F)(F)F)sc12. The summed E-state index contributed by atoms with van der Waals surface area (Å²) in [5.41, 5.74) is -0.729. The monoisotopic (exact) mass is 403 g/mol. The van der Waals surface area contributed by atoms with E-state index in [-0.39, 0.29) is 6.04 Å². The zero-order valence-corrected chi connectivity index (χ0v) is 16.5. The number of ether oxygens (including phenoxy) is 2. The third-order valence-corrected chi connectivity index (χ3v) is 6.26. The Hall–Kier alpha value is -1.54. The number of carbonyl (C=O) groups is 1. The van der Waals surface area contributed by atoms with Crippen LogP contribution in [0.2, 0.25) is 0 Å². The van der Waals surface area contributed by atoms with E-state index in [0.717, 1.165) is 11.3 Å². The second kappa shape index (κ2) is 6.81. The van der Waals surface area contributed by atoms with E-state index in [1.165, 1.54) is 6.07 Å². The van der Waals surface area contributed by atoms with Gasteiger partial charge in [0.1, 0.15) is 16.1 Å². The Morgan fingerprint density at radius 3 is 2.74 bits per heavy atom. The standard InChI is InChI=1S/C19H24F3NO3S/c1-5-13-11-18(7-8-23(13)16(24)26-17(2,3)4)15-12(6-9-25-18)10-14(27-15)19(20,21)22/h5,10,13H,1,6-9,11H2,2-4H3/t13-,18?/m0/s1. The molecule has 150 valence electrons. The Morgan fingerprint density at radius 1 is 1.44 bits per heavy atom. The van der Waals surface area contributed by atoms with Crippen LogP contribution in [0.25, 0.3) is 0 Å². The van der Waals surface area contributed by atoms with Gasteiger partial charge in [0.2, 0.25) is 0 Å². The van der Waals surface area contributed by atoms with E-state index in [1.54, 1.807) is 31.7 Å². The molecule has 27 heavy (non-hydrogen) atoms. The lowest BCUT2D eigenvalue weighted by Crippen LogP contribution is -2.53. The summed E-state index contributed by atoms with van der Waals surface area (Å²) in [6.45, 7) is 9.90. The molecule has 8 heteroatoms. The van der Waals surface area contributed by atoms with Crippen LogP contribution in [0.15, 0.2) is 18.7 Å². The lowest BCUT2D eigenvalue weighted by Gasteiger charge is -2.47. The summed E-state index contributed by atoms with van der Waals surface area (Å²) in [5.74, 6) is 0. The molecule has 1 amide bonds. The summed E-state index contributed by atoms with van der Waals surface area (Å²) in [6.07, 6.45) is -1.89. The molecule has 0 N–H and O–H groups in total. The molecule has 2 aliphatic heterocycles. The van der Waals surface area contributed by atoms with Crippen molar-refractivity contribution in [2.75, 3.05) is 13.2 Å². The molecule has 3 heterocycles. The van der Waals surface area contributed by atoms with E-state index in [0.29, 0.717) is 42.9 Å². The van der Waals surface area contributed by atoms with Crippen LogP contribution in [-0.4, -0.2) is 35.8 Å². The van der Waals surface area contributed by atoms with Crippen molar-refractivity contribution >= 4 is 17.4 Å². The summed E-state index contributed by atoms with van der Waals surface area (Å²) < 4.78 is 51.0. The molecule has 2 atom stereocenters. The lowest BCUT2D eigenvalue weighted by atomic mass is 9.81. The first-order valence-corrected chi connectivity index (χ1v) is 9.73. The molecule has 2 aliphatic rings. The van der Waals surface area contributed by atoms with Gasteiger partial charge in [0, 0.05) is 17.8 Å². The maximum atomic E-state index is 13.2. The summed E-state index contributed by atoms with van der Waals surface area (Å²) in [7, 11) is 0. The molecule has 1 unspecified atom stereocenters. The zero-order chi connectivity index (χ0) is 20.0. The van der Waals surface area contributed by atoms with Crippen molar-refractivity contribution in [1.29, 1.82) is 0 Å². The summed E-state index contributed by atoms with van der Waals surface area (Å²) in [6, 6.07) is 0.879. The number of piperidine rings is 1. The molecule has 0 saturated carbocycles. The van der Waals surface area contributed by atoms with Crippen LogP contribution in [0.4, 0.5) is 18.0 Å². The number of likely N-dealkylation sites (tertiary alicyclic amines) is 1. The molecule has 0 radical (unpaired) electrons. The number of carbonyl (C=O) groups excluding carboxylic acids is 1. The Balaban J connectivity index is 1.87. The minimum absolute atomic E-state index is 0.338. The number of nitrogens with zero attached hydrogens (tertiary/aromatic N) is 1. The molecule has 3 rings (SSSR count). The van der Waals surface area contributed by atoms with Gasteiger partial charge in [-0.1, -0.05) is 6.08 Å². The van der Waals surface area contributed by atoms with Crippen LogP contribution in [0, 0.1) is 0 Å². The largest absolute Gasteiger partial charge is 0.444 e. The first kappa shape index (κ1) is 20.2. The molecule has 1 aromatic rings. The molecule has 1 saturated heterocycles. The fourth-order valence-corrected chi connectivity index (χ4v) is 4.93. The third-order valence-electron chi connectivity index (χ3n) is 4.85. The Kier molecular flexibility index (Phi) is 5.10. The van der Waals surface area contributed by atoms with E-state index in [4.69, 9.17) is 9.47 Å². The number of thiophene rings is 1. The number of hydrogen-bond acceptors (Lipinski definition) is 4. The molecule has 1 spiro atoms. The van der Waals surface area contributed by atoms with Gasteiger partial charge in [0.05, 0.1) is 12.6 Å². The molecular weight excluding hydrogens is 379 g/mol. The molecular formula is C19H24F3NO3S. The van der Waals surface area contributed by atoms with Crippen molar-refractivity contribution in [3.8, 4) is 0 Å². The maximum Gasteiger partial charge on any atom is 0.425 e. The number of halogens is 3. The summed E-state index contributed by atoms with van der Waals surface area (Å²) in [4.78, 5) is 14.1. The highest BCUT2D eigenvalue weighted by Gasteiger charge is 2.48. The fourth-order valence-electron chi connectivity index (χ4n) is 3.67. The van der Waals surface area contributed by atoms with Crippen LogP contribution in [0.1, 0.15) is 48.9 Å². The molecule has 0 aromatic carbocycles. The molecule has 0 bridgehead atoms. The van der Waals surface area contributed by atoms with Gasteiger partial charge in [-0.2, -0.15) is 13.2 Å². The number of rotatable bonds is 1. The molecule has 1 aromatic heterocycles. The Morgan fingerprint density at radius 2 is 2.15 bits per heavy atom. The average Bonchev–Trinajstić information content (AvgIpc) is 2.99. The van der Waals surface area contributed by atoms with Gasteiger partial charge in [-0.15, -0.1) is 17.9 Å². The van der Waals surface area contributed by atoms with E-state index >= 15 is 0 Å². The van der Waals surface area contributed by atoms with E-state index in [9.17, 15) is 18.0 Å². The number of amides is 1. The molecule has 0 aliphatic carbocycles. The van der Waals surface area contributed by atoms with Gasteiger partial charge in [-0.25, -0.2) is 4.79 Å². The normalized spacial score (nSPS) is 26.0. The third kappa shape index (κ3) is 4.01. The van der Waals surface area contributed by atoms with Crippen LogP contribution < -0.4 is 0 Å². The smallest absolute Gasteiger partial charge is 0.425 e. The lowest BCUT2D eigenvalue weighted by molar-refractivity contribution is -0.134. The van der Waals surface area contributed by atoms with E-state index < -0.39 is 28.3 Å². The van der Waals surface area contributed by atoms with Crippen LogP contribution in [0.5, 0.6) is 0 Å². The molecule has 1 fully saturated rings. The number of fused-ring (bicyclic) bond motifs is 2. The van der Waals surface area contributed by atoms with E-state index in [1.807, 2.05) is 0 Å². The van der Waals surface area contributed by atoms with Gasteiger partial charge in [0.15, 0.2) is 0 Å². The van der Waals surface area contributed by atoms with Gasteiger partial charge in [-0.05, 0) is 45.2 Å². The van der Waals surface area contributed by atoms with Gasteiger partial charge >= 0.3 is 12.3 Å². The Labute approximate surface area is 160 Å². The van der Waals surface area contributed by atoms with E-state index in [2.05, 4.69) is 6.58 Å². The topological polar surface area (TPSA) is 38.8 Å². The quantitative estimate of drug-likeness (QED) is 0.611. The zero-order valence-electron chi connectivity index (χ0n) is 15.7.